The molecule has 15 heavy (non-hydrogen) atoms. The number of hydrogen-bond acceptors (Lipinski definition) is 3. The number of ether oxygens (including phenoxy) is 1. The minimum Gasteiger partial charge on any atom is -0.469 e. The Labute approximate surface area is 94.7 Å². The number of esters is 1. The highest BCUT2D eigenvalue weighted by Crippen LogP contribution is 2.25. The van der Waals surface area contributed by atoms with Crippen molar-refractivity contribution in [3.05, 3.63) is 28.4 Å². The van der Waals surface area contributed by atoms with Gasteiger partial charge in [-0.05, 0) is 11.6 Å². The topological polar surface area (TPSA) is 55.0 Å². The Morgan fingerprint density at radius 1 is 1.60 bits per heavy atom. The lowest BCUT2D eigenvalue weighted by Crippen LogP contribution is -2.04. The van der Waals surface area contributed by atoms with E-state index in [9.17, 15) is 4.79 Å². The van der Waals surface area contributed by atoms with Crippen LogP contribution >= 0.6 is 15.9 Å². The third kappa shape index (κ3) is 1.87. The maximum atomic E-state index is 11.2. The maximum absolute atomic E-state index is 11.2. The van der Waals surface area contributed by atoms with Crippen LogP contribution in [0.4, 0.5) is 0 Å². The monoisotopic (exact) mass is 268 g/mol. The molecule has 1 aromatic carbocycles. The number of fused-ring (bicyclic) bond motifs is 1. The van der Waals surface area contributed by atoms with Crippen LogP contribution in [-0.2, 0) is 16.0 Å². The highest BCUT2D eigenvalue weighted by molar-refractivity contribution is 9.10. The van der Waals surface area contributed by atoms with Crippen molar-refractivity contribution in [3.8, 4) is 0 Å². The molecule has 0 aliphatic heterocycles. The number of rotatable bonds is 2. The number of halogens is 1. The van der Waals surface area contributed by atoms with Crippen molar-refractivity contribution >= 4 is 32.8 Å². The summed E-state index contributed by atoms with van der Waals surface area (Å²) in [5, 5.41) is 7.79. The van der Waals surface area contributed by atoms with Gasteiger partial charge < -0.3 is 4.74 Å². The van der Waals surface area contributed by atoms with Gasteiger partial charge in [-0.2, -0.15) is 5.10 Å². The largest absolute Gasteiger partial charge is 0.469 e. The van der Waals surface area contributed by atoms with Gasteiger partial charge in [-0.1, -0.05) is 22.0 Å². The zero-order chi connectivity index (χ0) is 10.8. The van der Waals surface area contributed by atoms with Crippen LogP contribution in [0.5, 0.6) is 0 Å². The molecular weight excluding hydrogens is 260 g/mol. The average molecular weight is 269 g/mol. The summed E-state index contributed by atoms with van der Waals surface area (Å²) >= 11 is 3.42. The van der Waals surface area contributed by atoms with Crippen LogP contribution in [0.3, 0.4) is 0 Å². The van der Waals surface area contributed by atoms with E-state index in [-0.39, 0.29) is 12.4 Å². The fourth-order valence-corrected chi connectivity index (χ4v) is 1.87. The van der Waals surface area contributed by atoms with E-state index in [0.29, 0.717) is 0 Å². The standard InChI is InChI=1S/C10H9BrN2O2/c1-15-9(14)4-6-2-3-8(11)7-5-12-13-10(6)7/h2-3,5H,4H2,1H3,(H,12,13). The lowest BCUT2D eigenvalue weighted by atomic mass is 10.1. The van der Waals surface area contributed by atoms with Gasteiger partial charge in [0.15, 0.2) is 0 Å². The zero-order valence-electron chi connectivity index (χ0n) is 8.08. The first-order valence-electron chi connectivity index (χ1n) is 4.39. The molecule has 1 heterocycles. The van der Waals surface area contributed by atoms with Gasteiger partial charge >= 0.3 is 5.97 Å². The maximum Gasteiger partial charge on any atom is 0.310 e. The highest BCUT2D eigenvalue weighted by atomic mass is 79.9. The van der Waals surface area contributed by atoms with Crippen LogP contribution in [0.15, 0.2) is 22.8 Å². The predicted octanol–water partition coefficient (Wildman–Crippen LogP) is 2.04. The number of methoxy groups -OCH3 is 1. The van der Waals surface area contributed by atoms with E-state index in [0.717, 1.165) is 20.9 Å². The van der Waals surface area contributed by atoms with Gasteiger partial charge in [-0.15, -0.1) is 0 Å². The molecule has 0 fully saturated rings. The summed E-state index contributed by atoms with van der Waals surface area (Å²) in [6.45, 7) is 0. The summed E-state index contributed by atoms with van der Waals surface area (Å²) in [7, 11) is 1.38. The van der Waals surface area contributed by atoms with E-state index in [1.54, 1.807) is 6.20 Å². The molecule has 0 aliphatic rings. The molecule has 5 heteroatoms. The molecule has 0 bridgehead atoms. The van der Waals surface area contributed by atoms with Crippen molar-refractivity contribution in [2.24, 2.45) is 0 Å². The first-order chi connectivity index (χ1) is 7.22. The van der Waals surface area contributed by atoms with Crippen LogP contribution in [0.2, 0.25) is 0 Å². The summed E-state index contributed by atoms with van der Waals surface area (Å²) in [5.74, 6) is -0.256. The Hall–Kier alpha value is -1.36. The molecule has 0 amide bonds. The predicted molar refractivity (Wildman–Crippen MR) is 59.5 cm³/mol. The van der Waals surface area contributed by atoms with Crippen LogP contribution in [0, 0.1) is 0 Å². The molecule has 0 aliphatic carbocycles. The van der Waals surface area contributed by atoms with E-state index in [1.807, 2.05) is 12.1 Å². The molecule has 2 aromatic rings. The van der Waals surface area contributed by atoms with Gasteiger partial charge in [-0.3, -0.25) is 9.89 Å². The Balaban J connectivity index is 2.48. The number of H-pyrrole nitrogens is 1. The molecule has 1 aromatic heterocycles. The van der Waals surface area contributed by atoms with Crippen molar-refractivity contribution in [2.75, 3.05) is 7.11 Å². The van der Waals surface area contributed by atoms with E-state index in [1.165, 1.54) is 7.11 Å². The Bertz CT molecular complexity index is 507. The fourth-order valence-electron chi connectivity index (χ4n) is 1.43. The number of nitrogens with one attached hydrogen (secondary N) is 1. The SMILES string of the molecule is COC(=O)Cc1ccc(Br)c2cn[nH]c12. The number of nitrogens with zero attached hydrogens (tertiary/aromatic N) is 1. The molecular formula is C10H9BrN2O2. The number of carbonyl (C=O) groups excluding carboxylic acids is 1. The molecule has 1 N–H and O–H groups in total. The summed E-state index contributed by atoms with van der Waals surface area (Å²) < 4.78 is 5.58. The van der Waals surface area contributed by atoms with E-state index < -0.39 is 0 Å². The molecule has 0 unspecified atom stereocenters. The van der Waals surface area contributed by atoms with Crippen molar-refractivity contribution < 1.29 is 9.53 Å². The van der Waals surface area contributed by atoms with Gasteiger partial charge in [0.05, 0.1) is 25.2 Å². The summed E-state index contributed by atoms with van der Waals surface area (Å²) in [5.41, 5.74) is 1.76. The van der Waals surface area contributed by atoms with Crippen molar-refractivity contribution in [1.82, 2.24) is 10.2 Å². The lowest BCUT2D eigenvalue weighted by Gasteiger charge is -2.02. The van der Waals surface area contributed by atoms with Gasteiger partial charge in [0.2, 0.25) is 0 Å². The number of aromatic amines is 1. The number of benzene rings is 1. The van der Waals surface area contributed by atoms with Crippen LogP contribution < -0.4 is 0 Å². The van der Waals surface area contributed by atoms with Gasteiger partial charge in [0.1, 0.15) is 0 Å². The lowest BCUT2D eigenvalue weighted by molar-refractivity contribution is -0.139. The number of aromatic nitrogens is 2. The Morgan fingerprint density at radius 2 is 2.40 bits per heavy atom. The molecule has 0 spiro atoms. The molecule has 2 rings (SSSR count). The second-order valence-electron chi connectivity index (χ2n) is 3.12. The second-order valence-corrected chi connectivity index (χ2v) is 3.97. The quantitative estimate of drug-likeness (QED) is 0.849. The Kier molecular flexibility index (Phi) is 2.73. The number of carbonyl (C=O) groups is 1. The van der Waals surface area contributed by atoms with E-state index in [2.05, 4.69) is 30.9 Å². The highest BCUT2D eigenvalue weighted by Gasteiger charge is 2.10. The third-order valence-electron chi connectivity index (χ3n) is 2.21. The van der Waals surface area contributed by atoms with E-state index >= 15 is 0 Å². The minimum absolute atomic E-state index is 0.252. The van der Waals surface area contributed by atoms with Crippen LogP contribution in [0.25, 0.3) is 10.9 Å². The molecule has 0 atom stereocenters. The minimum atomic E-state index is -0.256. The van der Waals surface area contributed by atoms with Crippen molar-refractivity contribution in [1.29, 1.82) is 0 Å². The molecule has 0 saturated heterocycles. The van der Waals surface area contributed by atoms with Crippen molar-refractivity contribution in [2.45, 2.75) is 6.42 Å². The first kappa shape index (κ1) is 10.2. The molecule has 0 radical (unpaired) electrons. The summed E-state index contributed by atoms with van der Waals surface area (Å²) in [6.07, 6.45) is 1.97. The van der Waals surface area contributed by atoms with Crippen molar-refractivity contribution in [3.63, 3.8) is 0 Å². The third-order valence-corrected chi connectivity index (χ3v) is 2.90. The number of hydrogen-bond donors (Lipinski definition) is 1. The molecule has 78 valence electrons. The zero-order valence-corrected chi connectivity index (χ0v) is 9.67. The molecule has 4 nitrogen and oxygen atoms in total. The second kappa shape index (κ2) is 4.02. The summed E-state index contributed by atoms with van der Waals surface area (Å²) in [6, 6.07) is 3.78. The fraction of sp³-hybridized carbons (Fsp3) is 0.200. The first-order valence-corrected chi connectivity index (χ1v) is 5.19. The van der Waals surface area contributed by atoms with Gasteiger partial charge in [0, 0.05) is 9.86 Å². The molecule has 0 saturated carbocycles. The normalized spacial score (nSPS) is 10.5. The van der Waals surface area contributed by atoms with Crippen LogP contribution in [-0.4, -0.2) is 23.3 Å². The van der Waals surface area contributed by atoms with Crippen LogP contribution in [0.1, 0.15) is 5.56 Å². The average Bonchev–Trinajstić information content (AvgIpc) is 2.71. The van der Waals surface area contributed by atoms with Gasteiger partial charge in [0.25, 0.3) is 0 Å². The smallest absolute Gasteiger partial charge is 0.310 e. The summed E-state index contributed by atoms with van der Waals surface area (Å²) in [4.78, 5) is 11.2. The van der Waals surface area contributed by atoms with Gasteiger partial charge in [-0.25, -0.2) is 0 Å². The van der Waals surface area contributed by atoms with E-state index in [4.69, 9.17) is 0 Å². The Morgan fingerprint density at radius 3 is 3.13 bits per heavy atom.